The van der Waals surface area contributed by atoms with Gasteiger partial charge in [0.2, 0.25) is 0 Å². The number of nitrogens with zero attached hydrogens (tertiary/aromatic N) is 1. The number of hydrogen-bond donors (Lipinski definition) is 1. The van der Waals surface area contributed by atoms with Gasteiger partial charge >= 0.3 is 0 Å². The number of amides is 1. The molecule has 0 aliphatic carbocycles. The van der Waals surface area contributed by atoms with Crippen molar-refractivity contribution >= 4 is 17.7 Å². The summed E-state index contributed by atoms with van der Waals surface area (Å²) in [6, 6.07) is 2.80. The van der Waals surface area contributed by atoms with Gasteiger partial charge in [0.15, 0.2) is 0 Å². The number of thioether (sulfide) groups is 1. The minimum atomic E-state index is -2.61. The molecule has 0 bridgehead atoms. The van der Waals surface area contributed by atoms with Gasteiger partial charge in [-0.1, -0.05) is 0 Å². The molecule has 1 unspecified atom stereocenters. The molecule has 0 saturated carbocycles. The molecule has 1 atom stereocenters. The quantitative estimate of drug-likeness (QED) is 0.809. The predicted molar refractivity (Wildman–Crippen MR) is 64.9 cm³/mol. The molecule has 4 nitrogen and oxygen atoms in total. The fourth-order valence-electron chi connectivity index (χ4n) is 1.34. The fraction of sp³-hybridized carbons (Fsp3) is 0.455. The van der Waals surface area contributed by atoms with Crippen LogP contribution in [0.2, 0.25) is 0 Å². The van der Waals surface area contributed by atoms with Crippen molar-refractivity contribution in [3.63, 3.8) is 0 Å². The van der Waals surface area contributed by atoms with Crippen LogP contribution in [-0.2, 0) is 4.74 Å². The zero-order chi connectivity index (χ0) is 13.5. The number of alkyl halides is 2. The van der Waals surface area contributed by atoms with Crippen LogP contribution in [0, 0.1) is 0 Å². The first kappa shape index (κ1) is 14.8. The van der Waals surface area contributed by atoms with Crippen molar-refractivity contribution in [3.8, 4) is 0 Å². The normalized spacial score (nSPS) is 12.5. The molecule has 0 saturated heterocycles. The number of methoxy groups -OCH3 is 1. The van der Waals surface area contributed by atoms with Crippen LogP contribution < -0.4 is 5.32 Å². The Balaban J connectivity index is 2.78. The van der Waals surface area contributed by atoms with E-state index in [1.165, 1.54) is 25.4 Å². The summed E-state index contributed by atoms with van der Waals surface area (Å²) in [4.78, 5) is 15.7. The van der Waals surface area contributed by atoms with Gasteiger partial charge in [-0.05, 0) is 30.8 Å². The maximum Gasteiger partial charge on any atom is 0.290 e. The molecule has 0 aliphatic rings. The highest BCUT2D eigenvalue weighted by Crippen LogP contribution is 2.26. The van der Waals surface area contributed by atoms with Crippen LogP contribution in [0.4, 0.5) is 8.78 Å². The van der Waals surface area contributed by atoms with E-state index >= 15 is 0 Å². The van der Waals surface area contributed by atoms with E-state index in [9.17, 15) is 13.6 Å². The van der Waals surface area contributed by atoms with Gasteiger partial charge in [-0.25, -0.2) is 4.98 Å². The van der Waals surface area contributed by atoms with E-state index in [2.05, 4.69) is 10.3 Å². The predicted octanol–water partition coefficient (Wildman–Crippen LogP) is 2.16. The van der Waals surface area contributed by atoms with E-state index in [-0.39, 0.29) is 28.4 Å². The Labute approximate surface area is 108 Å². The first-order valence-corrected chi connectivity index (χ1v) is 6.12. The summed E-state index contributed by atoms with van der Waals surface area (Å²) in [5, 5.41) is 2.67. The number of carbonyl (C=O) groups excluding carboxylic acids is 1. The highest BCUT2D eigenvalue weighted by molar-refractivity contribution is 7.99. The van der Waals surface area contributed by atoms with Crippen LogP contribution in [0.25, 0.3) is 0 Å². The first-order chi connectivity index (χ1) is 8.54. The topological polar surface area (TPSA) is 51.2 Å². The van der Waals surface area contributed by atoms with E-state index in [0.717, 1.165) is 0 Å². The third kappa shape index (κ3) is 4.58. The summed E-state index contributed by atoms with van der Waals surface area (Å²) in [6.45, 7) is 2.11. The van der Waals surface area contributed by atoms with Crippen molar-refractivity contribution in [1.82, 2.24) is 10.3 Å². The van der Waals surface area contributed by atoms with Crippen LogP contribution in [-0.4, -0.2) is 36.4 Å². The zero-order valence-electron chi connectivity index (χ0n) is 10.0. The van der Waals surface area contributed by atoms with E-state index in [1.807, 2.05) is 0 Å². The first-order valence-electron chi connectivity index (χ1n) is 5.24. The van der Waals surface area contributed by atoms with E-state index in [1.54, 1.807) is 6.92 Å². The van der Waals surface area contributed by atoms with Crippen molar-refractivity contribution in [2.45, 2.75) is 23.7 Å². The van der Waals surface area contributed by atoms with Crippen LogP contribution in [0.1, 0.15) is 17.3 Å². The summed E-state index contributed by atoms with van der Waals surface area (Å²) < 4.78 is 29.5. The lowest BCUT2D eigenvalue weighted by Gasteiger charge is -2.14. The third-order valence-electron chi connectivity index (χ3n) is 2.01. The summed E-state index contributed by atoms with van der Waals surface area (Å²) in [5.41, 5.74) is 0.144. The number of hydrogen-bond acceptors (Lipinski definition) is 4. The molecule has 0 spiro atoms. The Morgan fingerprint density at radius 2 is 2.33 bits per heavy atom. The van der Waals surface area contributed by atoms with Gasteiger partial charge in [0.25, 0.3) is 11.7 Å². The second kappa shape index (κ2) is 7.27. The Kier molecular flexibility index (Phi) is 6.00. The number of halogens is 2. The second-order valence-corrected chi connectivity index (χ2v) is 4.54. The SMILES string of the molecule is COCC(C)NC(=O)c1cccnc1SC(F)F. The van der Waals surface area contributed by atoms with E-state index < -0.39 is 11.7 Å². The van der Waals surface area contributed by atoms with Gasteiger partial charge in [-0.2, -0.15) is 8.78 Å². The monoisotopic (exact) mass is 276 g/mol. The van der Waals surface area contributed by atoms with Gasteiger partial charge < -0.3 is 10.1 Å². The van der Waals surface area contributed by atoms with Crippen LogP contribution in [0.5, 0.6) is 0 Å². The third-order valence-corrected chi connectivity index (χ3v) is 2.74. The van der Waals surface area contributed by atoms with Crippen molar-refractivity contribution < 1.29 is 18.3 Å². The van der Waals surface area contributed by atoms with Gasteiger partial charge in [0.1, 0.15) is 5.03 Å². The van der Waals surface area contributed by atoms with Crippen molar-refractivity contribution in [2.75, 3.05) is 13.7 Å². The lowest BCUT2D eigenvalue weighted by molar-refractivity contribution is 0.0902. The Morgan fingerprint density at radius 3 is 2.94 bits per heavy atom. The number of carbonyl (C=O) groups is 1. The molecule has 100 valence electrons. The minimum Gasteiger partial charge on any atom is -0.383 e. The van der Waals surface area contributed by atoms with E-state index in [4.69, 9.17) is 4.74 Å². The molecule has 0 fully saturated rings. The Morgan fingerprint density at radius 1 is 1.61 bits per heavy atom. The summed E-state index contributed by atoms with van der Waals surface area (Å²) in [6.07, 6.45) is 1.38. The van der Waals surface area contributed by atoms with E-state index in [0.29, 0.717) is 6.61 Å². The maximum absolute atomic E-state index is 12.3. The van der Waals surface area contributed by atoms with Gasteiger partial charge in [-0.3, -0.25) is 4.79 Å². The number of ether oxygens (including phenoxy) is 1. The van der Waals surface area contributed by atoms with Crippen LogP contribution in [0.15, 0.2) is 23.4 Å². The standard InChI is InChI=1S/C11H14F2N2O2S/c1-7(6-17-2)15-9(16)8-4-3-5-14-10(8)18-11(12)13/h3-5,7,11H,6H2,1-2H3,(H,15,16). The fourth-order valence-corrected chi connectivity index (χ4v) is 1.91. The Hall–Kier alpha value is -1.21. The molecule has 1 aromatic heterocycles. The molecule has 18 heavy (non-hydrogen) atoms. The molecule has 1 amide bonds. The molecule has 1 aromatic rings. The van der Waals surface area contributed by atoms with Gasteiger partial charge in [0.05, 0.1) is 12.2 Å². The number of pyridine rings is 1. The Bertz CT molecular complexity index is 404. The molecular formula is C11H14F2N2O2S. The molecule has 0 aromatic carbocycles. The largest absolute Gasteiger partial charge is 0.383 e. The van der Waals surface area contributed by atoms with Crippen molar-refractivity contribution in [2.24, 2.45) is 0 Å². The lowest BCUT2D eigenvalue weighted by atomic mass is 10.2. The highest BCUT2D eigenvalue weighted by atomic mass is 32.2. The molecule has 1 rings (SSSR count). The van der Waals surface area contributed by atoms with Gasteiger partial charge in [-0.15, -0.1) is 0 Å². The highest BCUT2D eigenvalue weighted by Gasteiger charge is 2.17. The van der Waals surface area contributed by atoms with Crippen LogP contribution >= 0.6 is 11.8 Å². The van der Waals surface area contributed by atoms with Crippen molar-refractivity contribution in [1.29, 1.82) is 0 Å². The molecule has 7 heteroatoms. The zero-order valence-corrected chi connectivity index (χ0v) is 10.8. The smallest absolute Gasteiger partial charge is 0.290 e. The second-order valence-electron chi connectivity index (χ2n) is 3.56. The maximum atomic E-state index is 12.3. The summed E-state index contributed by atoms with van der Waals surface area (Å²) in [7, 11) is 1.52. The van der Waals surface area contributed by atoms with Crippen LogP contribution in [0.3, 0.4) is 0 Å². The molecule has 0 radical (unpaired) electrons. The molecule has 1 N–H and O–H groups in total. The van der Waals surface area contributed by atoms with Gasteiger partial charge in [0, 0.05) is 19.3 Å². The summed E-state index contributed by atoms with van der Waals surface area (Å²) >= 11 is 0.257. The average molecular weight is 276 g/mol. The minimum absolute atomic E-state index is 0.0228. The number of aromatic nitrogens is 1. The summed E-state index contributed by atoms with van der Waals surface area (Å²) in [5.74, 6) is -3.04. The number of nitrogens with one attached hydrogen (secondary N) is 1. The molecular weight excluding hydrogens is 262 g/mol. The number of rotatable bonds is 6. The molecule has 1 heterocycles. The molecule has 0 aliphatic heterocycles. The lowest BCUT2D eigenvalue weighted by Crippen LogP contribution is -2.35. The average Bonchev–Trinajstić information content (AvgIpc) is 2.28. The van der Waals surface area contributed by atoms with Crippen molar-refractivity contribution in [3.05, 3.63) is 23.9 Å².